The van der Waals surface area contributed by atoms with Crippen LogP contribution in [0.3, 0.4) is 0 Å². The van der Waals surface area contributed by atoms with Gasteiger partial charge >= 0.3 is 0 Å². The van der Waals surface area contributed by atoms with Crippen molar-refractivity contribution < 1.29 is 19.3 Å². The fourth-order valence-corrected chi connectivity index (χ4v) is 4.35. The molecule has 0 aliphatic carbocycles. The van der Waals surface area contributed by atoms with Crippen LogP contribution in [0.4, 0.5) is 16.5 Å². The predicted molar refractivity (Wildman–Crippen MR) is 118 cm³/mol. The topological polar surface area (TPSA) is 123 Å². The van der Waals surface area contributed by atoms with Crippen molar-refractivity contribution >= 4 is 55.8 Å². The van der Waals surface area contributed by atoms with Crippen molar-refractivity contribution in [1.29, 1.82) is 0 Å². The monoisotopic (exact) mass is 444 g/mol. The number of nitrogens with zero attached hydrogens (tertiary/aromatic N) is 3. The second kappa shape index (κ2) is 7.36. The van der Waals surface area contributed by atoms with Gasteiger partial charge in [0.15, 0.2) is 5.13 Å². The number of nitro groups is 1. The zero-order valence-corrected chi connectivity index (χ0v) is 17.0. The molecule has 0 radical (unpaired) electrons. The van der Waals surface area contributed by atoms with Gasteiger partial charge < -0.3 is 0 Å². The number of nitrogens with one attached hydrogen (secondary N) is 1. The number of hydrogen-bond acceptors (Lipinski definition) is 7. The molecule has 0 atom stereocenters. The number of anilines is 2. The van der Waals surface area contributed by atoms with E-state index in [2.05, 4.69) is 10.3 Å². The number of carbonyl (C=O) groups excluding carboxylic acids is 3. The fourth-order valence-electron chi connectivity index (χ4n) is 3.46. The summed E-state index contributed by atoms with van der Waals surface area (Å²) in [5.41, 5.74) is 1.60. The van der Waals surface area contributed by atoms with Crippen molar-refractivity contribution in [2.45, 2.75) is 0 Å². The van der Waals surface area contributed by atoms with Crippen LogP contribution in [0.25, 0.3) is 10.2 Å². The standard InChI is InChI=1S/C22H12N4O5S/c27-19(24-22-23-17-9-8-14(26(30)31)11-18(17)32-22)12-4-3-5-13(10-12)25-20(28)15-6-1-2-7-16(15)21(25)29/h1-11H,(H,23,24,27). The first-order chi connectivity index (χ1) is 15.4. The lowest BCUT2D eigenvalue weighted by Crippen LogP contribution is -2.29. The Labute approximate surface area is 184 Å². The minimum Gasteiger partial charge on any atom is -0.298 e. The van der Waals surface area contributed by atoms with E-state index in [1.54, 1.807) is 42.5 Å². The molecule has 0 saturated carbocycles. The number of hydrogen-bond donors (Lipinski definition) is 1. The van der Waals surface area contributed by atoms with Gasteiger partial charge in [-0.15, -0.1) is 0 Å². The highest BCUT2D eigenvalue weighted by molar-refractivity contribution is 7.22. The molecule has 1 aromatic heterocycles. The van der Waals surface area contributed by atoms with Crippen molar-refractivity contribution in [3.8, 4) is 0 Å². The highest BCUT2D eigenvalue weighted by Crippen LogP contribution is 2.31. The van der Waals surface area contributed by atoms with E-state index in [4.69, 9.17) is 0 Å². The molecule has 3 aromatic carbocycles. The molecule has 0 saturated heterocycles. The summed E-state index contributed by atoms with van der Waals surface area (Å²) in [6.07, 6.45) is 0. The molecule has 3 amide bonds. The first kappa shape index (κ1) is 19.5. The summed E-state index contributed by atoms with van der Waals surface area (Å²) in [7, 11) is 0. The first-order valence-electron chi connectivity index (χ1n) is 9.36. The van der Waals surface area contributed by atoms with Crippen LogP contribution in [-0.2, 0) is 0 Å². The minimum atomic E-state index is -0.498. The van der Waals surface area contributed by atoms with Crippen LogP contribution in [0.1, 0.15) is 31.1 Å². The van der Waals surface area contributed by atoms with Crippen LogP contribution in [0.2, 0.25) is 0 Å². The van der Waals surface area contributed by atoms with E-state index in [0.29, 0.717) is 21.3 Å². The van der Waals surface area contributed by atoms with Crippen LogP contribution in [-0.4, -0.2) is 27.6 Å². The lowest BCUT2D eigenvalue weighted by Gasteiger charge is -2.14. The maximum Gasteiger partial charge on any atom is 0.270 e. The third-order valence-corrected chi connectivity index (χ3v) is 5.90. The van der Waals surface area contributed by atoms with Gasteiger partial charge in [-0.3, -0.25) is 29.8 Å². The van der Waals surface area contributed by atoms with Gasteiger partial charge in [-0.25, -0.2) is 9.88 Å². The van der Waals surface area contributed by atoms with E-state index < -0.39 is 22.6 Å². The molecule has 32 heavy (non-hydrogen) atoms. The Kier molecular flexibility index (Phi) is 4.49. The number of nitro benzene ring substituents is 1. The van der Waals surface area contributed by atoms with Gasteiger partial charge in [-0.2, -0.15) is 0 Å². The number of imide groups is 1. The summed E-state index contributed by atoms with van der Waals surface area (Å²) < 4.78 is 0.564. The smallest absolute Gasteiger partial charge is 0.270 e. The molecule has 0 spiro atoms. The highest BCUT2D eigenvalue weighted by atomic mass is 32.1. The Morgan fingerprint density at radius 2 is 1.69 bits per heavy atom. The number of non-ortho nitro benzene ring substituents is 1. The normalized spacial score (nSPS) is 12.8. The number of carbonyl (C=O) groups is 3. The van der Waals surface area contributed by atoms with Gasteiger partial charge in [0, 0.05) is 17.7 Å². The third-order valence-electron chi connectivity index (χ3n) is 4.96. The van der Waals surface area contributed by atoms with E-state index in [0.717, 1.165) is 16.2 Å². The molecule has 0 fully saturated rings. The van der Waals surface area contributed by atoms with E-state index in [-0.39, 0.29) is 22.1 Å². The van der Waals surface area contributed by atoms with Gasteiger partial charge in [0.1, 0.15) is 0 Å². The largest absolute Gasteiger partial charge is 0.298 e. The Morgan fingerprint density at radius 3 is 2.38 bits per heavy atom. The number of benzene rings is 3. The van der Waals surface area contributed by atoms with E-state index in [1.165, 1.54) is 24.3 Å². The number of thiazole rings is 1. The summed E-state index contributed by atoms with van der Waals surface area (Å²) in [5.74, 6) is -1.39. The maximum absolute atomic E-state index is 12.8. The second-order valence-electron chi connectivity index (χ2n) is 6.92. The molecule has 10 heteroatoms. The van der Waals surface area contributed by atoms with Crippen molar-refractivity contribution in [3.63, 3.8) is 0 Å². The molecule has 4 aromatic rings. The van der Waals surface area contributed by atoms with Crippen molar-refractivity contribution in [2.24, 2.45) is 0 Å². The van der Waals surface area contributed by atoms with Gasteiger partial charge in [-0.05, 0) is 36.4 Å². The molecule has 0 unspecified atom stereocenters. The van der Waals surface area contributed by atoms with Crippen molar-refractivity contribution in [2.75, 3.05) is 10.2 Å². The molecule has 1 N–H and O–H groups in total. The number of fused-ring (bicyclic) bond motifs is 2. The van der Waals surface area contributed by atoms with Gasteiger partial charge in [0.2, 0.25) is 0 Å². The number of amides is 3. The van der Waals surface area contributed by atoms with E-state index >= 15 is 0 Å². The summed E-state index contributed by atoms with van der Waals surface area (Å²) in [6, 6.07) is 17.0. The molecular formula is C22H12N4O5S. The van der Waals surface area contributed by atoms with Crippen LogP contribution >= 0.6 is 11.3 Å². The molecule has 5 rings (SSSR count). The Hall–Kier alpha value is -4.44. The maximum atomic E-state index is 12.8. The second-order valence-corrected chi connectivity index (χ2v) is 7.95. The van der Waals surface area contributed by atoms with Gasteiger partial charge in [-0.1, -0.05) is 29.5 Å². The average Bonchev–Trinajstić information content (AvgIpc) is 3.31. The van der Waals surface area contributed by atoms with Crippen LogP contribution in [0.15, 0.2) is 66.7 Å². The average molecular weight is 444 g/mol. The van der Waals surface area contributed by atoms with E-state index in [1.807, 2.05) is 0 Å². The Balaban J connectivity index is 1.41. The molecular weight excluding hydrogens is 432 g/mol. The van der Waals surface area contributed by atoms with Crippen molar-refractivity contribution in [3.05, 3.63) is 93.5 Å². The summed E-state index contributed by atoms with van der Waals surface area (Å²) in [5, 5.41) is 13.9. The lowest BCUT2D eigenvalue weighted by atomic mass is 10.1. The highest BCUT2D eigenvalue weighted by Gasteiger charge is 2.36. The zero-order valence-electron chi connectivity index (χ0n) is 16.1. The third kappa shape index (κ3) is 3.19. The van der Waals surface area contributed by atoms with Crippen LogP contribution < -0.4 is 10.2 Å². The molecule has 156 valence electrons. The lowest BCUT2D eigenvalue weighted by molar-refractivity contribution is -0.384. The number of aromatic nitrogens is 1. The SMILES string of the molecule is O=C(Nc1nc2ccc([N+](=O)[O-])cc2s1)c1cccc(N2C(=O)c3ccccc3C2=O)c1. The summed E-state index contributed by atoms with van der Waals surface area (Å²) in [6.45, 7) is 0. The summed E-state index contributed by atoms with van der Waals surface area (Å²) >= 11 is 1.11. The Bertz CT molecular complexity index is 1430. The molecule has 9 nitrogen and oxygen atoms in total. The Morgan fingerprint density at radius 1 is 0.969 bits per heavy atom. The summed E-state index contributed by atoms with van der Waals surface area (Å²) in [4.78, 5) is 53.9. The molecule has 1 aliphatic heterocycles. The molecule has 0 bridgehead atoms. The minimum absolute atomic E-state index is 0.0623. The molecule has 1 aliphatic rings. The van der Waals surface area contributed by atoms with Crippen molar-refractivity contribution in [1.82, 2.24) is 4.98 Å². The van der Waals surface area contributed by atoms with Crippen LogP contribution in [0.5, 0.6) is 0 Å². The first-order valence-corrected chi connectivity index (χ1v) is 10.2. The molecule has 2 heterocycles. The predicted octanol–water partition coefficient (Wildman–Crippen LogP) is 4.26. The zero-order chi connectivity index (χ0) is 22.4. The van der Waals surface area contributed by atoms with Gasteiger partial charge in [0.25, 0.3) is 23.4 Å². The van der Waals surface area contributed by atoms with Gasteiger partial charge in [0.05, 0.1) is 32.0 Å². The fraction of sp³-hybridized carbons (Fsp3) is 0. The number of rotatable bonds is 4. The quantitative estimate of drug-likeness (QED) is 0.285. The van der Waals surface area contributed by atoms with E-state index in [9.17, 15) is 24.5 Å². The van der Waals surface area contributed by atoms with Crippen LogP contribution in [0, 0.1) is 10.1 Å².